The van der Waals surface area contributed by atoms with Gasteiger partial charge in [0.15, 0.2) is 0 Å². The Hall–Kier alpha value is -5.74. The lowest BCUT2D eigenvalue weighted by molar-refractivity contribution is 1.29. The molecule has 0 saturated carbocycles. The van der Waals surface area contributed by atoms with Crippen LogP contribution >= 0.6 is 22.7 Å². The van der Waals surface area contributed by atoms with E-state index in [4.69, 9.17) is 0 Å². The van der Waals surface area contributed by atoms with Crippen LogP contribution in [0.2, 0.25) is 0 Å². The van der Waals surface area contributed by atoms with Gasteiger partial charge in [-0.1, -0.05) is 121 Å². The van der Waals surface area contributed by atoms with Crippen LogP contribution in [0.15, 0.2) is 176 Å². The molecule has 0 atom stereocenters. The molecule has 49 heavy (non-hydrogen) atoms. The smallest absolute Gasteiger partial charge is 0.0468 e. The SMILES string of the molecule is c1cc(-c2cccc3c2sc2ccccc23)cc(N(c2ccc(-c3cccc4ccccc34)cc2)c2ccc3sc4ccccc4c3c2)c1. The molecule has 3 heteroatoms. The molecule has 0 amide bonds. The van der Waals surface area contributed by atoms with Crippen LogP contribution in [0.25, 0.3) is 73.4 Å². The van der Waals surface area contributed by atoms with Gasteiger partial charge in [-0.25, -0.2) is 0 Å². The molecule has 0 radical (unpaired) electrons. The third-order valence-corrected chi connectivity index (χ3v) is 12.0. The molecule has 10 aromatic rings. The zero-order chi connectivity index (χ0) is 32.3. The van der Waals surface area contributed by atoms with Crippen LogP contribution in [-0.2, 0) is 0 Å². The normalized spacial score (nSPS) is 11.7. The Bertz CT molecular complexity index is 2830. The number of hydrogen-bond donors (Lipinski definition) is 0. The lowest BCUT2D eigenvalue weighted by atomic mass is 9.98. The maximum Gasteiger partial charge on any atom is 0.0468 e. The van der Waals surface area contributed by atoms with E-state index in [1.165, 1.54) is 73.4 Å². The van der Waals surface area contributed by atoms with E-state index in [-0.39, 0.29) is 0 Å². The maximum atomic E-state index is 2.41. The third kappa shape index (κ3) is 4.74. The summed E-state index contributed by atoms with van der Waals surface area (Å²) in [5.74, 6) is 0. The summed E-state index contributed by atoms with van der Waals surface area (Å²) in [5, 5.41) is 7.77. The number of thiophene rings is 2. The number of benzene rings is 8. The van der Waals surface area contributed by atoms with E-state index >= 15 is 0 Å². The largest absolute Gasteiger partial charge is 0.310 e. The van der Waals surface area contributed by atoms with E-state index < -0.39 is 0 Å². The maximum absolute atomic E-state index is 2.41. The fourth-order valence-corrected chi connectivity index (χ4v) is 9.68. The second kappa shape index (κ2) is 11.5. The Labute approximate surface area is 292 Å². The van der Waals surface area contributed by atoms with E-state index in [9.17, 15) is 0 Å². The molecule has 10 rings (SSSR count). The summed E-state index contributed by atoms with van der Waals surface area (Å²) in [6.45, 7) is 0. The van der Waals surface area contributed by atoms with Crippen molar-refractivity contribution in [1.29, 1.82) is 0 Å². The van der Waals surface area contributed by atoms with Crippen molar-refractivity contribution in [3.05, 3.63) is 176 Å². The molecule has 0 unspecified atom stereocenters. The third-order valence-electron chi connectivity index (χ3n) is 9.66. The van der Waals surface area contributed by atoms with Gasteiger partial charge in [-0.3, -0.25) is 0 Å². The minimum Gasteiger partial charge on any atom is -0.310 e. The van der Waals surface area contributed by atoms with Crippen LogP contribution in [0, 0.1) is 0 Å². The Balaban J connectivity index is 1.14. The van der Waals surface area contributed by atoms with Crippen LogP contribution in [0.1, 0.15) is 0 Å². The van der Waals surface area contributed by atoms with Gasteiger partial charge in [0.25, 0.3) is 0 Å². The molecule has 0 bridgehead atoms. The van der Waals surface area contributed by atoms with E-state index in [0.29, 0.717) is 0 Å². The Morgan fingerprint density at radius 2 is 0.918 bits per heavy atom. The zero-order valence-electron chi connectivity index (χ0n) is 26.5. The highest BCUT2D eigenvalue weighted by Gasteiger charge is 2.17. The number of rotatable bonds is 5. The van der Waals surface area contributed by atoms with E-state index in [1.54, 1.807) is 0 Å². The molecule has 0 spiro atoms. The first-order valence-corrected chi connectivity index (χ1v) is 18.2. The monoisotopic (exact) mass is 659 g/mol. The van der Waals surface area contributed by atoms with Gasteiger partial charge < -0.3 is 4.90 Å². The van der Waals surface area contributed by atoms with Crippen LogP contribution in [-0.4, -0.2) is 0 Å². The number of fused-ring (bicyclic) bond motifs is 7. The van der Waals surface area contributed by atoms with Crippen molar-refractivity contribution in [3.63, 3.8) is 0 Å². The highest BCUT2D eigenvalue weighted by atomic mass is 32.1. The van der Waals surface area contributed by atoms with Crippen molar-refractivity contribution in [2.45, 2.75) is 0 Å². The zero-order valence-corrected chi connectivity index (χ0v) is 28.1. The van der Waals surface area contributed by atoms with Crippen molar-refractivity contribution < 1.29 is 0 Å². The molecule has 2 heterocycles. The number of hydrogen-bond acceptors (Lipinski definition) is 3. The predicted octanol–water partition coefficient (Wildman–Crippen LogP) is 14.4. The first-order chi connectivity index (χ1) is 24.3. The van der Waals surface area contributed by atoms with Crippen molar-refractivity contribution >= 4 is 90.9 Å². The highest BCUT2D eigenvalue weighted by Crippen LogP contribution is 2.44. The molecule has 8 aromatic carbocycles. The molecule has 0 saturated heterocycles. The standard InChI is InChI=1S/C46H29NS2/c1-2-14-36-30(10-1)11-8-17-37(36)31-22-24-33(25-23-31)47(35-26-27-45-42(29-35)40-16-4-5-20-43(40)48-45)34-13-7-12-32(28-34)38-18-9-19-41-39-15-3-6-21-44(39)49-46(38)41/h1-29H. The molecule has 0 fully saturated rings. The molecular weight excluding hydrogens is 631 g/mol. The van der Waals surface area contributed by atoms with E-state index in [1.807, 2.05) is 22.7 Å². The van der Waals surface area contributed by atoms with Crippen LogP contribution in [0.3, 0.4) is 0 Å². The van der Waals surface area contributed by atoms with E-state index in [0.717, 1.165) is 17.1 Å². The minimum atomic E-state index is 1.13. The van der Waals surface area contributed by atoms with Crippen molar-refractivity contribution in [1.82, 2.24) is 0 Å². The van der Waals surface area contributed by atoms with Crippen LogP contribution in [0.4, 0.5) is 17.1 Å². The summed E-state index contributed by atoms with van der Waals surface area (Å²) in [6, 6.07) is 64.4. The highest BCUT2D eigenvalue weighted by molar-refractivity contribution is 7.26. The molecule has 0 aliphatic rings. The molecule has 230 valence electrons. The second-order valence-electron chi connectivity index (χ2n) is 12.5. The first kappa shape index (κ1) is 28.3. The summed E-state index contributed by atoms with van der Waals surface area (Å²) in [6.07, 6.45) is 0. The van der Waals surface area contributed by atoms with E-state index in [2.05, 4.69) is 181 Å². The minimum absolute atomic E-state index is 1.13. The molecule has 0 N–H and O–H groups in total. The topological polar surface area (TPSA) is 3.24 Å². The summed E-state index contributed by atoms with van der Waals surface area (Å²) < 4.78 is 5.28. The lowest BCUT2D eigenvalue weighted by Gasteiger charge is -2.26. The van der Waals surface area contributed by atoms with Crippen LogP contribution in [0.5, 0.6) is 0 Å². The average molecular weight is 660 g/mol. The summed E-state index contributed by atoms with van der Waals surface area (Å²) in [4.78, 5) is 2.41. The molecule has 1 nitrogen and oxygen atoms in total. The second-order valence-corrected chi connectivity index (χ2v) is 14.7. The Morgan fingerprint density at radius 1 is 0.327 bits per heavy atom. The van der Waals surface area contributed by atoms with Gasteiger partial charge >= 0.3 is 0 Å². The lowest BCUT2D eigenvalue weighted by Crippen LogP contribution is -2.10. The van der Waals surface area contributed by atoms with Crippen molar-refractivity contribution in [2.75, 3.05) is 4.90 Å². The molecule has 0 aliphatic heterocycles. The van der Waals surface area contributed by atoms with Crippen LogP contribution < -0.4 is 4.90 Å². The quantitative estimate of drug-likeness (QED) is 0.178. The van der Waals surface area contributed by atoms with Gasteiger partial charge in [0.05, 0.1) is 0 Å². The molecular formula is C46H29NS2. The summed E-state index contributed by atoms with van der Waals surface area (Å²) in [7, 11) is 0. The van der Waals surface area contributed by atoms with Gasteiger partial charge in [0.1, 0.15) is 0 Å². The van der Waals surface area contributed by atoms with Gasteiger partial charge in [-0.15, -0.1) is 22.7 Å². The summed E-state index contributed by atoms with van der Waals surface area (Å²) >= 11 is 3.74. The first-order valence-electron chi connectivity index (χ1n) is 16.6. The van der Waals surface area contributed by atoms with Gasteiger partial charge in [0.2, 0.25) is 0 Å². The van der Waals surface area contributed by atoms with Crippen molar-refractivity contribution in [2.24, 2.45) is 0 Å². The number of nitrogens with zero attached hydrogens (tertiary/aromatic N) is 1. The predicted molar refractivity (Wildman–Crippen MR) is 215 cm³/mol. The molecule has 0 aliphatic carbocycles. The fourth-order valence-electron chi connectivity index (χ4n) is 7.35. The summed E-state index contributed by atoms with van der Waals surface area (Å²) in [5.41, 5.74) is 8.35. The Morgan fingerprint density at radius 3 is 1.78 bits per heavy atom. The average Bonchev–Trinajstić information content (AvgIpc) is 3.74. The van der Waals surface area contributed by atoms with Gasteiger partial charge in [0, 0.05) is 57.4 Å². The number of anilines is 3. The fraction of sp³-hybridized carbons (Fsp3) is 0. The van der Waals surface area contributed by atoms with Gasteiger partial charge in [-0.05, 0) is 87.6 Å². The Kier molecular flexibility index (Phi) is 6.61. The van der Waals surface area contributed by atoms with Gasteiger partial charge in [-0.2, -0.15) is 0 Å². The molecule has 2 aromatic heterocycles. The van der Waals surface area contributed by atoms with Crippen molar-refractivity contribution in [3.8, 4) is 22.3 Å².